The lowest BCUT2D eigenvalue weighted by molar-refractivity contribution is -0.138. The van der Waals surface area contributed by atoms with Crippen molar-refractivity contribution >= 4 is 17.9 Å². The number of carbonyl (C=O) groups is 3. The molecule has 1 aliphatic heterocycles. The number of epoxide rings is 1. The summed E-state index contributed by atoms with van der Waals surface area (Å²) in [5.41, 5.74) is 0.556. The van der Waals surface area contributed by atoms with E-state index in [1.54, 1.807) is 63.2 Å². The molecule has 0 aromatic heterocycles. The Hall–Kier alpha value is -3.19. The summed E-state index contributed by atoms with van der Waals surface area (Å²) in [5, 5.41) is 0. The highest BCUT2D eigenvalue weighted by molar-refractivity contribution is 5.89. The minimum atomic E-state index is -0.973. The van der Waals surface area contributed by atoms with Gasteiger partial charge >= 0.3 is 17.9 Å². The number of carbonyl (C=O) groups excluding carboxylic acids is 3. The van der Waals surface area contributed by atoms with Crippen LogP contribution in [0.3, 0.4) is 0 Å². The van der Waals surface area contributed by atoms with E-state index in [1.165, 1.54) is 6.92 Å². The van der Waals surface area contributed by atoms with Crippen LogP contribution in [-0.2, 0) is 24.7 Å². The van der Waals surface area contributed by atoms with E-state index in [9.17, 15) is 14.4 Å². The Balaban J connectivity index is 1.89. The highest BCUT2D eigenvalue weighted by atomic mass is 16.6. The third-order valence-electron chi connectivity index (χ3n) is 4.64. The summed E-state index contributed by atoms with van der Waals surface area (Å²) in [7, 11) is 0. The summed E-state index contributed by atoms with van der Waals surface area (Å²) in [6.45, 7) is 6.70. The van der Waals surface area contributed by atoms with Gasteiger partial charge in [-0.15, -0.1) is 0 Å². The van der Waals surface area contributed by atoms with E-state index in [2.05, 4.69) is 0 Å². The Kier molecular flexibility index (Phi) is 6.22. The topological polar surface area (TPSA) is 91.4 Å². The molecule has 0 spiro atoms. The summed E-state index contributed by atoms with van der Waals surface area (Å²) >= 11 is 0. The van der Waals surface area contributed by atoms with Crippen molar-refractivity contribution < 1.29 is 33.3 Å². The third-order valence-corrected chi connectivity index (χ3v) is 4.64. The smallest absolute Gasteiger partial charge is 0.338 e. The molecule has 0 aliphatic carbocycles. The molecule has 1 heterocycles. The molecule has 0 N–H and O–H groups in total. The van der Waals surface area contributed by atoms with Crippen LogP contribution in [0.4, 0.5) is 0 Å². The standard InChI is InChI=1S/C23H24O7/c1-14(2)21(25)30-20-10-15(3)19(29-16(4)24)11-18(20)23(13-28-23)12-27-22(26)17-8-6-5-7-9-17/h5-11,14H,12-13H2,1-4H3/t23-/m1/s1. The fourth-order valence-electron chi connectivity index (χ4n) is 2.84. The number of benzene rings is 2. The normalized spacial score (nSPS) is 17.4. The first kappa shape index (κ1) is 21.5. The second-order valence-electron chi connectivity index (χ2n) is 7.51. The molecule has 158 valence electrons. The maximum absolute atomic E-state index is 12.3. The average Bonchev–Trinajstić information content (AvgIpc) is 3.49. The number of hydrogen-bond donors (Lipinski definition) is 0. The molecular weight excluding hydrogens is 388 g/mol. The van der Waals surface area contributed by atoms with Gasteiger partial charge in [-0.3, -0.25) is 9.59 Å². The Morgan fingerprint density at radius 1 is 1.07 bits per heavy atom. The molecule has 30 heavy (non-hydrogen) atoms. The van der Waals surface area contributed by atoms with E-state index in [4.69, 9.17) is 18.9 Å². The van der Waals surface area contributed by atoms with E-state index < -0.39 is 23.5 Å². The predicted octanol–water partition coefficient (Wildman–Crippen LogP) is 3.56. The van der Waals surface area contributed by atoms with Gasteiger partial charge in [-0.2, -0.15) is 0 Å². The van der Waals surface area contributed by atoms with E-state index >= 15 is 0 Å². The van der Waals surface area contributed by atoms with Crippen LogP contribution >= 0.6 is 0 Å². The minimum Gasteiger partial charge on any atom is -0.459 e. The Labute approximate surface area is 174 Å². The molecule has 0 radical (unpaired) electrons. The van der Waals surface area contributed by atoms with Crippen LogP contribution in [0.2, 0.25) is 0 Å². The monoisotopic (exact) mass is 412 g/mol. The Bertz CT molecular complexity index is 959. The lowest BCUT2D eigenvalue weighted by Gasteiger charge is -2.19. The van der Waals surface area contributed by atoms with Gasteiger partial charge in [0.2, 0.25) is 0 Å². The highest BCUT2D eigenvalue weighted by Gasteiger charge is 2.50. The van der Waals surface area contributed by atoms with Crippen molar-refractivity contribution in [3.8, 4) is 11.5 Å². The van der Waals surface area contributed by atoms with E-state index in [0.29, 0.717) is 22.4 Å². The second kappa shape index (κ2) is 8.67. The predicted molar refractivity (Wildman–Crippen MR) is 107 cm³/mol. The quantitative estimate of drug-likeness (QED) is 0.390. The fraction of sp³-hybridized carbons (Fsp3) is 0.348. The zero-order valence-electron chi connectivity index (χ0n) is 17.4. The van der Waals surface area contributed by atoms with Gasteiger partial charge in [0.15, 0.2) is 5.60 Å². The van der Waals surface area contributed by atoms with Crippen LogP contribution in [0.25, 0.3) is 0 Å². The first-order valence-corrected chi connectivity index (χ1v) is 9.63. The lowest BCUT2D eigenvalue weighted by atomic mass is 9.97. The van der Waals surface area contributed by atoms with Gasteiger partial charge in [-0.1, -0.05) is 32.0 Å². The molecule has 0 amide bonds. The summed E-state index contributed by atoms with van der Waals surface area (Å²) in [6, 6.07) is 11.8. The molecule has 7 nitrogen and oxygen atoms in total. The van der Waals surface area contributed by atoms with Gasteiger partial charge in [-0.05, 0) is 36.8 Å². The number of aryl methyl sites for hydroxylation is 1. The van der Waals surface area contributed by atoms with Crippen molar-refractivity contribution in [2.24, 2.45) is 5.92 Å². The van der Waals surface area contributed by atoms with Crippen LogP contribution in [0.5, 0.6) is 11.5 Å². The van der Waals surface area contributed by atoms with E-state index in [0.717, 1.165) is 0 Å². The van der Waals surface area contributed by atoms with Gasteiger partial charge in [0.25, 0.3) is 0 Å². The zero-order valence-corrected chi connectivity index (χ0v) is 17.4. The fourth-order valence-corrected chi connectivity index (χ4v) is 2.84. The SMILES string of the molecule is CC(=O)Oc1cc([C@@]2(COC(=O)c3ccccc3)CO2)c(OC(=O)C(C)C)cc1C. The molecular formula is C23H24O7. The van der Waals surface area contributed by atoms with E-state index in [-0.39, 0.29) is 24.9 Å². The molecule has 1 saturated heterocycles. The molecule has 1 aliphatic rings. The summed E-state index contributed by atoms with van der Waals surface area (Å²) < 4.78 is 21.9. The summed E-state index contributed by atoms with van der Waals surface area (Å²) in [5.74, 6) is -1.09. The number of hydrogen-bond acceptors (Lipinski definition) is 7. The van der Waals surface area contributed by atoms with E-state index in [1.807, 2.05) is 0 Å². The van der Waals surface area contributed by atoms with Crippen molar-refractivity contribution in [1.29, 1.82) is 0 Å². The Morgan fingerprint density at radius 3 is 2.30 bits per heavy atom. The maximum Gasteiger partial charge on any atom is 0.338 e. The first-order valence-electron chi connectivity index (χ1n) is 9.63. The number of ether oxygens (including phenoxy) is 4. The minimum absolute atomic E-state index is 0.0739. The van der Waals surface area contributed by atoms with Gasteiger partial charge in [0, 0.05) is 12.5 Å². The van der Waals surface area contributed by atoms with Crippen molar-refractivity contribution in [2.45, 2.75) is 33.3 Å². The van der Waals surface area contributed by atoms with Gasteiger partial charge in [0.05, 0.1) is 18.1 Å². The molecule has 0 bridgehead atoms. The second-order valence-corrected chi connectivity index (χ2v) is 7.51. The third kappa shape index (κ3) is 4.86. The molecule has 3 rings (SSSR count). The van der Waals surface area contributed by atoms with Crippen LogP contribution in [0, 0.1) is 12.8 Å². The van der Waals surface area contributed by atoms with Gasteiger partial charge < -0.3 is 18.9 Å². The van der Waals surface area contributed by atoms with Crippen molar-refractivity contribution in [3.63, 3.8) is 0 Å². The molecule has 7 heteroatoms. The first-order chi connectivity index (χ1) is 14.2. The lowest BCUT2D eigenvalue weighted by Crippen LogP contribution is -2.23. The van der Waals surface area contributed by atoms with Gasteiger partial charge in [-0.25, -0.2) is 4.79 Å². The maximum atomic E-state index is 12.3. The van der Waals surface area contributed by atoms with Crippen LogP contribution < -0.4 is 9.47 Å². The summed E-state index contributed by atoms with van der Waals surface area (Å²) in [4.78, 5) is 36.0. The van der Waals surface area contributed by atoms with Gasteiger partial charge in [0.1, 0.15) is 18.1 Å². The highest BCUT2D eigenvalue weighted by Crippen LogP contribution is 2.46. The molecule has 1 fully saturated rings. The Morgan fingerprint density at radius 2 is 1.73 bits per heavy atom. The van der Waals surface area contributed by atoms with Crippen LogP contribution in [-0.4, -0.2) is 31.1 Å². The van der Waals surface area contributed by atoms with Crippen molar-refractivity contribution in [3.05, 3.63) is 59.2 Å². The molecule has 0 saturated carbocycles. The molecule has 2 aromatic rings. The van der Waals surface area contributed by atoms with Crippen LogP contribution in [0.15, 0.2) is 42.5 Å². The van der Waals surface area contributed by atoms with Crippen molar-refractivity contribution in [2.75, 3.05) is 13.2 Å². The zero-order chi connectivity index (χ0) is 21.9. The number of esters is 3. The van der Waals surface area contributed by atoms with Crippen LogP contribution in [0.1, 0.15) is 42.3 Å². The van der Waals surface area contributed by atoms with Crippen molar-refractivity contribution in [1.82, 2.24) is 0 Å². The average molecular weight is 412 g/mol. The largest absolute Gasteiger partial charge is 0.459 e. The summed E-state index contributed by atoms with van der Waals surface area (Å²) in [6.07, 6.45) is 0. The molecule has 2 aromatic carbocycles. The number of rotatable bonds is 7. The molecule has 1 atom stereocenters. The molecule has 0 unspecified atom stereocenters.